The van der Waals surface area contributed by atoms with E-state index in [2.05, 4.69) is 31.1 Å². The Kier molecular flexibility index (Phi) is 6.05. The third kappa shape index (κ3) is 4.41. The first-order chi connectivity index (χ1) is 16.8. The highest BCUT2D eigenvalue weighted by atomic mass is 35.5. The van der Waals surface area contributed by atoms with Crippen LogP contribution in [0.5, 0.6) is 0 Å². The van der Waals surface area contributed by atoms with Gasteiger partial charge < -0.3 is 19.5 Å². The molecule has 0 aliphatic carbocycles. The number of hydrogen-bond donors (Lipinski definition) is 3. The van der Waals surface area contributed by atoms with Crippen LogP contribution in [0.3, 0.4) is 0 Å². The Morgan fingerprint density at radius 1 is 1.14 bits per heavy atom. The number of rotatable bonds is 6. The van der Waals surface area contributed by atoms with E-state index in [-0.39, 0.29) is 22.9 Å². The van der Waals surface area contributed by atoms with Gasteiger partial charge in [0.25, 0.3) is 11.8 Å². The second kappa shape index (κ2) is 9.04. The smallest absolute Gasteiger partial charge is 0.269 e. The summed E-state index contributed by atoms with van der Waals surface area (Å²) < 4.78 is 19.8. The van der Waals surface area contributed by atoms with Gasteiger partial charge in [-0.2, -0.15) is 9.97 Å². The molecule has 2 aliphatic rings. The van der Waals surface area contributed by atoms with Gasteiger partial charge >= 0.3 is 0 Å². The van der Waals surface area contributed by atoms with Crippen molar-refractivity contribution >= 4 is 40.4 Å². The quantitative estimate of drug-likeness (QED) is 0.340. The molecule has 4 atom stereocenters. The van der Waals surface area contributed by atoms with Gasteiger partial charge in [-0.15, -0.1) is 0 Å². The zero-order chi connectivity index (χ0) is 24.7. The van der Waals surface area contributed by atoms with Crippen molar-refractivity contribution in [3.8, 4) is 0 Å². The summed E-state index contributed by atoms with van der Waals surface area (Å²) in [5, 5.41) is 2.69. The summed E-state index contributed by atoms with van der Waals surface area (Å²) >= 11 is 6.19. The third-order valence-corrected chi connectivity index (χ3v) is 5.81. The van der Waals surface area contributed by atoms with Crippen molar-refractivity contribution in [3.63, 3.8) is 0 Å². The highest BCUT2D eigenvalue weighted by Crippen LogP contribution is 2.44. The summed E-state index contributed by atoms with van der Waals surface area (Å²) in [4.78, 5) is 38.0. The number of anilines is 1. The summed E-state index contributed by atoms with van der Waals surface area (Å²) in [7, 11) is 0. The second-order valence-corrected chi connectivity index (χ2v) is 8.86. The molecule has 12 nitrogen and oxygen atoms in total. The maximum atomic E-state index is 12.7. The van der Waals surface area contributed by atoms with Crippen LogP contribution in [0.25, 0.3) is 11.2 Å². The molecule has 4 heterocycles. The molecule has 1 aromatic carbocycles. The van der Waals surface area contributed by atoms with Crippen LogP contribution in [0.2, 0.25) is 5.28 Å². The van der Waals surface area contributed by atoms with Gasteiger partial charge in [-0.05, 0) is 44.5 Å². The summed E-state index contributed by atoms with van der Waals surface area (Å²) in [6.45, 7) is 5.83. The molecule has 35 heavy (non-hydrogen) atoms. The first-order valence-electron chi connectivity index (χ1n) is 11.1. The Balaban J connectivity index is 1.45. The largest absolute Gasteiger partial charge is 0.354 e. The number of hydrogen-bond acceptors (Lipinski definition) is 9. The van der Waals surface area contributed by atoms with Gasteiger partial charge in [0.05, 0.1) is 6.33 Å². The van der Waals surface area contributed by atoms with Gasteiger partial charge in [0.15, 0.2) is 35.1 Å². The summed E-state index contributed by atoms with van der Waals surface area (Å²) in [5.74, 6) is -1.37. The number of nitrogens with zero attached hydrogens (tertiary/aromatic N) is 4. The average Bonchev–Trinajstić information content (AvgIpc) is 3.48. The van der Waals surface area contributed by atoms with Gasteiger partial charge in [0, 0.05) is 12.1 Å². The molecular weight excluding hydrogens is 478 g/mol. The molecule has 2 amide bonds. The van der Waals surface area contributed by atoms with Gasteiger partial charge in [0.2, 0.25) is 5.28 Å². The van der Waals surface area contributed by atoms with Crippen LogP contribution in [0.1, 0.15) is 37.4 Å². The molecule has 3 N–H and O–H groups in total. The molecule has 0 bridgehead atoms. The normalized spacial score (nSPS) is 24.8. The van der Waals surface area contributed by atoms with Gasteiger partial charge in [-0.3, -0.25) is 25.0 Å². The first kappa shape index (κ1) is 23.4. The number of halogens is 1. The lowest BCUT2D eigenvalue weighted by molar-refractivity contribution is -0.197. The highest BCUT2D eigenvalue weighted by molar-refractivity contribution is 6.28. The standard InChI is InChI=1S/C22H24ClN7O5/c1-4-24-19(32)14-13-15(35-22(2,3)34-13)20(33-14)30-10-25-12-16(26-21(23)27-17(12)30)28-29-18(31)11-8-6-5-7-9-11/h5-10,13-15,20H,4H2,1-3H3,(H,24,32)(H,29,31)(H,26,27,28)/t13?,14?,15-,20?/m1/s1. The molecule has 13 heteroatoms. The molecule has 0 spiro atoms. The van der Waals surface area contributed by atoms with Crippen molar-refractivity contribution in [1.82, 2.24) is 30.3 Å². The zero-order valence-corrected chi connectivity index (χ0v) is 19.9. The Morgan fingerprint density at radius 2 is 1.89 bits per heavy atom. The lowest BCUT2D eigenvalue weighted by Gasteiger charge is -2.24. The molecule has 2 aliphatic heterocycles. The summed E-state index contributed by atoms with van der Waals surface area (Å²) in [5.41, 5.74) is 6.47. The molecule has 2 fully saturated rings. The molecular formula is C22H24ClN7O5. The first-order valence-corrected chi connectivity index (χ1v) is 11.5. The molecule has 2 saturated heterocycles. The fraction of sp³-hybridized carbons (Fsp3) is 0.409. The van der Waals surface area contributed by atoms with Crippen LogP contribution in [-0.2, 0) is 19.0 Å². The molecule has 0 saturated carbocycles. The maximum Gasteiger partial charge on any atom is 0.269 e. The van der Waals surface area contributed by atoms with Crippen molar-refractivity contribution in [2.75, 3.05) is 12.0 Å². The number of amides is 2. The molecule has 5 rings (SSSR count). The Hall–Kier alpha value is -3.32. The van der Waals surface area contributed by atoms with Gasteiger partial charge in [-0.25, -0.2) is 4.98 Å². The van der Waals surface area contributed by atoms with E-state index in [0.717, 1.165) is 0 Å². The second-order valence-electron chi connectivity index (χ2n) is 8.52. The van der Waals surface area contributed by atoms with E-state index in [4.69, 9.17) is 25.8 Å². The van der Waals surface area contributed by atoms with E-state index in [1.807, 2.05) is 13.0 Å². The predicted octanol–water partition coefficient (Wildman–Crippen LogP) is 1.79. The molecule has 3 aromatic rings. The number of imidazole rings is 1. The number of likely N-dealkylation sites (N-methyl/N-ethyl adjacent to an activating group) is 1. The zero-order valence-electron chi connectivity index (χ0n) is 19.2. The van der Waals surface area contributed by atoms with Crippen molar-refractivity contribution in [2.45, 2.75) is 51.1 Å². The number of ether oxygens (including phenoxy) is 3. The van der Waals surface area contributed by atoms with E-state index in [1.165, 1.54) is 6.33 Å². The number of hydrazine groups is 1. The van der Waals surface area contributed by atoms with E-state index in [9.17, 15) is 9.59 Å². The lowest BCUT2D eigenvalue weighted by Crippen LogP contribution is -2.42. The monoisotopic (exact) mass is 501 g/mol. The predicted molar refractivity (Wildman–Crippen MR) is 124 cm³/mol. The van der Waals surface area contributed by atoms with E-state index < -0.39 is 30.3 Å². The van der Waals surface area contributed by atoms with Crippen LogP contribution in [0, 0.1) is 0 Å². The van der Waals surface area contributed by atoms with Crippen molar-refractivity contribution in [3.05, 3.63) is 47.5 Å². The average molecular weight is 502 g/mol. The van der Waals surface area contributed by atoms with Crippen LogP contribution in [0.15, 0.2) is 36.7 Å². The number of aromatic nitrogens is 4. The van der Waals surface area contributed by atoms with Gasteiger partial charge in [0.1, 0.15) is 12.2 Å². The number of fused-ring (bicyclic) bond motifs is 2. The van der Waals surface area contributed by atoms with Crippen LogP contribution in [0.4, 0.5) is 5.82 Å². The Morgan fingerprint density at radius 3 is 2.63 bits per heavy atom. The van der Waals surface area contributed by atoms with Crippen LogP contribution in [-0.4, -0.2) is 62.0 Å². The number of carbonyl (C=O) groups is 2. The van der Waals surface area contributed by atoms with Crippen LogP contribution < -0.4 is 16.2 Å². The molecule has 3 unspecified atom stereocenters. The fourth-order valence-corrected chi connectivity index (χ4v) is 4.39. The van der Waals surface area contributed by atoms with Crippen molar-refractivity contribution < 1.29 is 23.8 Å². The van der Waals surface area contributed by atoms with Gasteiger partial charge in [-0.1, -0.05) is 18.2 Å². The van der Waals surface area contributed by atoms with Crippen LogP contribution >= 0.6 is 11.6 Å². The minimum atomic E-state index is -0.903. The highest BCUT2D eigenvalue weighted by Gasteiger charge is 2.58. The summed E-state index contributed by atoms with van der Waals surface area (Å²) in [6, 6.07) is 8.69. The number of nitrogens with one attached hydrogen (secondary N) is 3. The van der Waals surface area contributed by atoms with Crippen molar-refractivity contribution in [1.29, 1.82) is 0 Å². The fourth-order valence-electron chi connectivity index (χ4n) is 4.23. The number of benzene rings is 1. The lowest BCUT2D eigenvalue weighted by atomic mass is 10.1. The van der Waals surface area contributed by atoms with E-state index >= 15 is 0 Å². The minimum absolute atomic E-state index is 0.0746. The molecule has 184 valence electrons. The molecule has 0 radical (unpaired) electrons. The Labute approximate surface area is 205 Å². The maximum absolute atomic E-state index is 12.7. The SMILES string of the molecule is CCNC(=O)C1OC(n2cnc3c(NNC(=O)c4ccccc4)nc(Cl)nc32)[C@@H]2OC(C)(C)OC12. The topological polar surface area (TPSA) is 142 Å². The van der Waals surface area contributed by atoms with E-state index in [1.54, 1.807) is 42.7 Å². The number of carbonyl (C=O) groups excluding carboxylic acids is 2. The molecule has 2 aromatic heterocycles. The van der Waals surface area contributed by atoms with Crippen molar-refractivity contribution in [2.24, 2.45) is 0 Å². The third-order valence-electron chi connectivity index (χ3n) is 5.64. The Bertz CT molecular complexity index is 1270. The van der Waals surface area contributed by atoms with E-state index in [0.29, 0.717) is 23.3 Å². The minimum Gasteiger partial charge on any atom is -0.354 e. The summed E-state index contributed by atoms with van der Waals surface area (Å²) in [6.07, 6.45) is -1.38.